The van der Waals surface area contributed by atoms with Gasteiger partial charge in [-0.15, -0.1) is 10.2 Å². The zero-order valence-electron chi connectivity index (χ0n) is 14.3. The Morgan fingerprint density at radius 1 is 1.00 bits per heavy atom. The minimum Gasteiger partial charge on any atom is -0.411 e. The number of nitrogens with zero attached hydrogens (tertiary/aromatic N) is 2. The van der Waals surface area contributed by atoms with E-state index >= 15 is 0 Å². The van der Waals surface area contributed by atoms with Gasteiger partial charge >= 0.3 is 0 Å². The number of thioether (sulfide) groups is 1. The number of hydrogen-bond donors (Lipinski definition) is 1. The molecular weight excluding hydrogens is 382 g/mol. The third-order valence-electron chi connectivity index (χ3n) is 4.11. The molecule has 2 aromatic heterocycles. The van der Waals surface area contributed by atoms with E-state index in [4.69, 9.17) is 4.42 Å². The van der Waals surface area contributed by atoms with Gasteiger partial charge in [-0.2, -0.15) is 0 Å². The first-order valence-corrected chi connectivity index (χ1v) is 11.1. The third-order valence-corrected chi connectivity index (χ3v) is 6.83. The SMILES string of the molecule is O=S(=O)(CCCSc1nnc(-c2c[nH]c3ccccc23)o1)c1ccccc1. The summed E-state index contributed by atoms with van der Waals surface area (Å²) >= 11 is 1.36. The normalized spacial score (nSPS) is 11.9. The van der Waals surface area contributed by atoms with Crippen LogP contribution in [0.1, 0.15) is 6.42 Å². The zero-order chi connectivity index (χ0) is 18.7. The third kappa shape index (κ3) is 3.91. The van der Waals surface area contributed by atoms with Crippen molar-refractivity contribution in [1.82, 2.24) is 15.2 Å². The summed E-state index contributed by atoms with van der Waals surface area (Å²) in [6, 6.07) is 16.4. The molecule has 0 unspecified atom stereocenters. The van der Waals surface area contributed by atoms with Gasteiger partial charge in [0.1, 0.15) is 0 Å². The van der Waals surface area contributed by atoms with Crippen LogP contribution < -0.4 is 0 Å². The van der Waals surface area contributed by atoms with Gasteiger partial charge in [0.2, 0.25) is 0 Å². The summed E-state index contributed by atoms with van der Waals surface area (Å²) in [5.74, 6) is 1.13. The molecule has 2 aromatic carbocycles. The van der Waals surface area contributed by atoms with Crippen LogP contribution in [-0.2, 0) is 9.84 Å². The minimum absolute atomic E-state index is 0.0907. The highest BCUT2D eigenvalue weighted by Crippen LogP contribution is 2.29. The Labute approximate surface area is 160 Å². The second-order valence-electron chi connectivity index (χ2n) is 5.95. The van der Waals surface area contributed by atoms with Crippen LogP contribution >= 0.6 is 11.8 Å². The van der Waals surface area contributed by atoms with E-state index in [-0.39, 0.29) is 5.75 Å². The highest BCUT2D eigenvalue weighted by atomic mass is 32.2. The predicted molar refractivity (Wildman–Crippen MR) is 105 cm³/mol. The standard InChI is InChI=1S/C19H17N3O3S2/c23-27(24,14-7-2-1-3-8-14)12-6-11-26-19-22-21-18(25-19)16-13-20-17-10-5-4-9-15(16)17/h1-5,7-10,13,20H,6,11-12H2. The van der Waals surface area contributed by atoms with Crippen molar-refractivity contribution >= 4 is 32.5 Å². The topological polar surface area (TPSA) is 88.9 Å². The fraction of sp³-hybridized carbons (Fsp3) is 0.158. The van der Waals surface area contributed by atoms with Crippen molar-refractivity contribution in [3.05, 3.63) is 60.8 Å². The molecule has 0 atom stereocenters. The second-order valence-corrected chi connectivity index (χ2v) is 9.11. The van der Waals surface area contributed by atoms with Crippen LogP contribution in [0, 0.1) is 0 Å². The number of fused-ring (bicyclic) bond motifs is 1. The smallest absolute Gasteiger partial charge is 0.276 e. The van der Waals surface area contributed by atoms with E-state index in [0.29, 0.717) is 28.2 Å². The number of para-hydroxylation sites is 1. The van der Waals surface area contributed by atoms with Crippen molar-refractivity contribution in [3.63, 3.8) is 0 Å². The van der Waals surface area contributed by atoms with Crippen molar-refractivity contribution < 1.29 is 12.8 Å². The van der Waals surface area contributed by atoms with Crippen LogP contribution in [0.5, 0.6) is 0 Å². The van der Waals surface area contributed by atoms with E-state index in [2.05, 4.69) is 15.2 Å². The Balaban J connectivity index is 1.36. The number of aromatic nitrogens is 3. The lowest BCUT2D eigenvalue weighted by atomic mass is 10.2. The molecule has 8 heteroatoms. The minimum atomic E-state index is -3.25. The molecule has 0 aliphatic rings. The van der Waals surface area contributed by atoms with Crippen LogP contribution in [0.15, 0.2) is 75.3 Å². The van der Waals surface area contributed by atoms with Crippen molar-refractivity contribution in [1.29, 1.82) is 0 Å². The molecule has 6 nitrogen and oxygen atoms in total. The van der Waals surface area contributed by atoms with E-state index < -0.39 is 9.84 Å². The summed E-state index contributed by atoms with van der Waals surface area (Å²) in [5.41, 5.74) is 1.86. The first kappa shape index (κ1) is 17.8. The summed E-state index contributed by atoms with van der Waals surface area (Å²) in [4.78, 5) is 3.54. The molecule has 0 saturated carbocycles. The van der Waals surface area contributed by atoms with Crippen LogP contribution in [-0.4, -0.2) is 35.1 Å². The highest BCUT2D eigenvalue weighted by Gasteiger charge is 2.15. The lowest BCUT2D eigenvalue weighted by Crippen LogP contribution is -2.07. The largest absolute Gasteiger partial charge is 0.411 e. The van der Waals surface area contributed by atoms with Crippen molar-refractivity contribution in [3.8, 4) is 11.5 Å². The number of sulfone groups is 1. The number of nitrogens with one attached hydrogen (secondary N) is 1. The van der Waals surface area contributed by atoms with Gasteiger partial charge in [-0.1, -0.05) is 48.2 Å². The van der Waals surface area contributed by atoms with E-state index in [0.717, 1.165) is 16.5 Å². The predicted octanol–water partition coefficient (Wildman–Crippen LogP) is 4.17. The van der Waals surface area contributed by atoms with Crippen LogP contribution in [0.2, 0.25) is 0 Å². The number of aromatic amines is 1. The van der Waals surface area contributed by atoms with Gasteiger partial charge in [-0.25, -0.2) is 8.42 Å². The Bertz CT molecular complexity index is 1150. The molecule has 0 fully saturated rings. The molecule has 0 spiro atoms. The molecule has 0 radical (unpaired) electrons. The van der Waals surface area contributed by atoms with E-state index in [1.54, 1.807) is 30.3 Å². The zero-order valence-corrected chi connectivity index (χ0v) is 16.0. The molecule has 138 valence electrons. The van der Waals surface area contributed by atoms with Gasteiger partial charge in [0.25, 0.3) is 11.1 Å². The van der Waals surface area contributed by atoms with Crippen molar-refractivity contribution in [2.45, 2.75) is 16.5 Å². The second kappa shape index (κ2) is 7.58. The first-order chi connectivity index (χ1) is 13.1. The van der Waals surface area contributed by atoms with Gasteiger partial charge < -0.3 is 9.40 Å². The fourth-order valence-electron chi connectivity index (χ4n) is 2.78. The van der Waals surface area contributed by atoms with E-state index in [1.807, 2.05) is 30.5 Å². The number of rotatable bonds is 7. The lowest BCUT2D eigenvalue weighted by Gasteiger charge is -2.03. The van der Waals surface area contributed by atoms with E-state index in [9.17, 15) is 8.42 Å². The number of H-pyrrole nitrogens is 1. The van der Waals surface area contributed by atoms with Crippen LogP contribution in [0.25, 0.3) is 22.4 Å². The van der Waals surface area contributed by atoms with Gasteiger partial charge in [0.05, 0.1) is 16.2 Å². The molecule has 0 aliphatic carbocycles. The van der Waals surface area contributed by atoms with Gasteiger partial charge in [-0.05, 0) is 24.6 Å². The Hall–Kier alpha value is -2.58. The Kier molecular flexibility index (Phi) is 5.00. The van der Waals surface area contributed by atoms with Crippen LogP contribution in [0.4, 0.5) is 0 Å². The van der Waals surface area contributed by atoms with Crippen molar-refractivity contribution in [2.24, 2.45) is 0 Å². The molecule has 0 bridgehead atoms. The molecule has 4 rings (SSSR count). The summed E-state index contributed by atoms with van der Waals surface area (Å²) in [6.45, 7) is 0. The lowest BCUT2D eigenvalue weighted by molar-refractivity contribution is 0.466. The molecular formula is C19H17N3O3S2. The number of benzene rings is 2. The highest BCUT2D eigenvalue weighted by molar-refractivity contribution is 7.99. The molecule has 0 amide bonds. The maximum Gasteiger partial charge on any atom is 0.276 e. The van der Waals surface area contributed by atoms with Gasteiger partial charge in [0, 0.05) is 22.9 Å². The van der Waals surface area contributed by atoms with Gasteiger partial charge in [-0.3, -0.25) is 0 Å². The Morgan fingerprint density at radius 3 is 2.63 bits per heavy atom. The van der Waals surface area contributed by atoms with Crippen molar-refractivity contribution in [2.75, 3.05) is 11.5 Å². The monoisotopic (exact) mass is 399 g/mol. The maximum atomic E-state index is 12.3. The Morgan fingerprint density at radius 2 is 1.78 bits per heavy atom. The summed E-state index contributed by atoms with van der Waals surface area (Å²) in [7, 11) is -3.25. The maximum absolute atomic E-state index is 12.3. The first-order valence-electron chi connectivity index (χ1n) is 8.44. The number of hydrogen-bond acceptors (Lipinski definition) is 6. The summed E-state index contributed by atoms with van der Waals surface area (Å²) < 4.78 is 30.3. The fourth-order valence-corrected chi connectivity index (χ4v) is 4.99. The molecule has 1 N–H and O–H groups in total. The quantitative estimate of drug-likeness (QED) is 0.370. The molecule has 27 heavy (non-hydrogen) atoms. The van der Waals surface area contributed by atoms with Crippen LogP contribution in [0.3, 0.4) is 0 Å². The van der Waals surface area contributed by atoms with E-state index in [1.165, 1.54) is 11.8 Å². The average Bonchev–Trinajstić information content (AvgIpc) is 3.32. The average molecular weight is 399 g/mol. The molecule has 2 heterocycles. The summed E-state index contributed by atoms with van der Waals surface area (Å²) in [6.07, 6.45) is 2.35. The molecule has 4 aromatic rings. The summed E-state index contributed by atoms with van der Waals surface area (Å²) in [5, 5.41) is 9.62. The van der Waals surface area contributed by atoms with Gasteiger partial charge in [0.15, 0.2) is 9.84 Å². The molecule has 0 aliphatic heterocycles. The molecule has 0 saturated heterocycles.